The zero-order valence-electron chi connectivity index (χ0n) is 26.2. The van der Waals surface area contributed by atoms with Crippen molar-refractivity contribution in [2.24, 2.45) is 4.99 Å². The van der Waals surface area contributed by atoms with Crippen LogP contribution in [0.3, 0.4) is 0 Å². The smallest absolute Gasteiger partial charge is 0.355 e. The van der Waals surface area contributed by atoms with Gasteiger partial charge in [-0.15, -0.1) is 11.6 Å². The molecule has 0 fully saturated rings. The van der Waals surface area contributed by atoms with Crippen LogP contribution >= 0.6 is 11.6 Å². The van der Waals surface area contributed by atoms with Crippen molar-refractivity contribution in [3.05, 3.63) is 61.9 Å². The second-order valence-corrected chi connectivity index (χ2v) is 12.0. The summed E-state index contributed by atoms with van der Waals surface area (Å²) in [5.74, 6) is 0.0146. The van der Waals surface area contributed by atoms with E-state index >= 15 is 0 Å². The van der Waals surface area contributed by atoms with Crippen molar-refractivity contribution < 1.29 is 19.1 Å². The van der Waals surface area contributed by atoms with Gasteiger partial charge in [0.25, 0.3) is 0 Å². The van der Waals surface area contributed by atoms with Gasteiger partial charge >= 0.3 is 11.9 Å². The molecule has 41 heavy (non-hydrogen) atoms. The van der Waals surface area contributed by atoms with Gasteiger partial charge in [0.1, 0.15) is 11.3 Å². The Bertz CT molecular complexity index is 1380. The number of hydrogen-bond donors (Lipinski definition) is 2. The maximum absolute atomic E-state index is 13.0. The van der Waals surface area contributed by atoms with Crippen LogP contribution in [0.5, 0.6) is 0 Å². The van der Waals surface area contributed by atoms with Gasteiger partial charge in [0.15, 0.2) is 0 Å². The van der Waals surface area contributed by atoms with Gasteiger partial charge in [-0.05, 0) is 121 Å². The van der Waals surface area contributed by atoms with Gasteiger partial charge in [-0.1, -0.05) is 6.92 Å². The zero-order valence-corrected chi connectivity index (χ0v) is 26.9. The first-order chi connectivity index (χ1) is 19.3. The van der Waals surface area contributed by atoms with Crippen molar-refractivity contribution in [1.29, 1.82) is 0 Å². The monoisotopic (exact) mass is 583 g/mol. The molecule has 0 unspecified atom stereocenters. The Kier molecular flexibility index (Phi) is 10.9. The minimum absolute atomic E-state index is 0.150. The molecule has 0 aromatic carbocycles. The number of esters is 2. The fourth-order valence-corrected chi connectivity index (χ4v) is 5.66. The first-order valence-corrected chi connectivity index (χ1v) is 15.2. The molecule has 0 spiro atoms. The Morgan fingerprint density at radius 3 is 2.32 bits per heavy atom. The summed E-state index contributed by atoms with van der Waals surface area (Å²) in [5.41, 5.74) is 11.6. The molecular formula is C33H46ClN3O4. The predicted octanol–water partition coefficient (Wildman–Crippen LogP) is 7.66. The van der Waals surface area contributed by atoms with E-state index in [-0.39, 0.29) is 11.9 Å². The van der Waals surface area contributed by atoms with E-state index in [1.807, 2.05) is 27.7 Å². The number of aromatic nitrogens is 2. The summed E-state index contributed by atoms with van der Waals surface area (Å²) in [5, 5.41) is 0. The third-order valence-electron chi connectivity index (χ3n) is 7.59. The second-order valence-electron chi connectivity index (χ2n) is 11.7. The van der Waals surface area contributed by atoms with Gasteiger partial charge in [-0.2, -0.15) is 0 Å². The van der Waals surface area contributed by atoms with Gasteiger partial charge in [0.05, 0.1) is 18.0 Å². The lowest BCUT2D eigenvalue weighted by Crippen LogP contribution is -2.24. The third kappa shape index (κ3) is 7.82. The summed E-state index contributed by atoms with van der Waals surface area (Å²) < 4.78 is 10.7. The van der Waals surface area contributed by atoms with Gasteiger partial charge in [0, 0.05) is 35.8 Å². The summed E-state index contributed by atoms with van der Waals surface area (Å²) in [6.45, 7) is 18.2. The fraction of sp³-hybridized carbons (Fsp3) is 0.545. The first kappa shape index (κ1) is 32.5. The van der Waals surface area contributed by atoms with E-state index in [0.717, 1.165) is 70.0 Å². The number of H-pyrrole nitrogens is 2. The van der Waals surface area contributed by atoms with Gasteiger partial charge in [0.2, 0.25) is 0 Å². The van der Waals surface area contributed by atoms with Crippen LogP contribution in [-0.2, 0) is 33.5 Å². The van der Waals surface area contributed by atoms with E-state index in [4.69, 9.17) is 26.1 Å². The molecule has 2 aromatic heterocycles. The Balaban J connectivity index is 1.91. The number of allylic oxidation sites excluding steroid dienone is 2. The molecule has 3 rings (SSSR count). The number of aliphatic imine (C=N–C) groups is 1. The highest BCUT2D eigenvalue weighted by Crippen LogP contribution is 2.33. The number of alkyl halides is 1. The number of rotatable bonds is 12. The molecule has 2 N–H and O–H groups in total. The molecule has 0 saturated heterocycles. The lowest BCUT2D eigenvalue weighted by molar-refractivity contribution is -0.143. The van der Waals surface area contributed by atoms with Crippen molar-refractivity contribution in [2.75, 3.05) is 12.5 Å². The van der Waals surface area contributed by atoms with Crippen molar-refractivity contribution in [1.82, 2.24) is 9.97 Å². The summed E-state index contributed by atoms with van der Waals surface area (Å²) >= 11 is 6.23. The summed E-state index contributed by atoms with van der Waals surface area (Å²) in [6.07, 6.45) is 6.09. The van der Waals surface area contributed by atoms with Crippen molar-refractivity contribution >= 4 is 35.3 Å². The Hall–Kier alpha value is -3.06. The molecule has 1 aliphatic rings. The number of carbonyl (C=O) groups excluding carboxylic acids is 2. The number of carbonyl (C=O) groups is 2. The van der Waals surface area contributed by atoms with Crippen LogP contribution in [0.4, 0.5) is 0 Å². The number of hydrogen-bond acceptors (Lipinski definition) is 5. The van der Waals surface area contributed by atoms with E-state index in [1.54, 1.807) is 0 Å². The highest BCUT2D eigenvalue weighted by Gasteiger charge is 2.27. The van der Waals surface area contributed by atoms with Gasteiger partial charge in [-0.3, -0.25) is 9.79 Å². The Labute approximate surface area is 249 Å². The molecule has 0 atom stereocenters. The first-order valence-electron chi connectivity index (χ1n) is 14.6. The topological polar surface area (TPSA) is 96.5 Å². The number of aromatic amines is 2. The molecule has 0 bridgehead atoms. The van der Waals surface area contributed by atoms with E-state index in [0.29, 0.717) is 37.4 Å². The van der Waals surface area contributed by atoms with Crippen LogP contribution < -0.4 is 0 Å². The second kappa shape index (κ2) is 13.7. The molecule has 224 valence electrons. The molecule has 0 aliphatic carbocycles. The molecule has 0 radical (unpaired) electrons. The molecule has 1 aliphatic heterocycles. The average Bonchev–Trinajstić information content (AvgIpc) is 3.46. The fourth-order valence-electron chi connectivity index (χ4n) is 5.47. The molecule has 3 heterocycles. The van der Waals surface area contributed by atoms with Crippen LogP contribution in [0.2, 0.25) is 0 Å². The SMILES string of the molecule is CCOC(=O)CCCc1c(C)[nH]c(/C=C2\N=C(Cc3[nH]c(C(=O)OC(C)(C)C)c(CC)c3C)C(CCCl)=C2C)c1C. The van der Waals surface area contributed by atoms with Crippen molar-refractivity contribution in [2.45, 2.75) is 106 Å². The molecular weight excluding hydrogens is 538 g/mol. The highest BCUT2D eigenvalue weighted by atomic mass is 35.5. The van der Waals surface area contributed by atoms with Gasteiger partial charge in [-0.25, -0.2) is 4.79 Å². The average molecular weight is 584 g/mol. The van der Waals surface area contributed by atoms with E-state index in [1.165, 1.54) is 11.1 Å². The maximum Gasteiger partial charge on any atom is 0.355 e. The normalized spacial score (nSPS) is 14.7. The third-order valence-corrected chi connectivity index (χ3v) is 7.78. The zero-order chi connectivity index (χ0) is 30.5. The van der Waals surface area contributed by atoms with E-state index in [2.05, 4.69) is 50.7 Å². The summed E-state index contributed by atoms with van der Waals surface area (Å²) in [7, 11) is 0. The summed E-state index contributed by atoms with van der Waals surface area (Å²) in [4.78, 5) is 36.7. The standard InChI is InChI=1S/C33H46ClN3O4/c1-10-23-19(3)28(37-31(23)32(39)41-33(7,8)9)18-29-25(15-16-34)21(5)27(36-29)17-26-20(4)24(22(6)35-26)13-12-14-30(38)40-11-2/h17,35,37H,10-16,18H2,1-9H3/b27-17-. The quantitative estimate of drug-likeness (QED) is 0.198. The lowest BCUT2D eigenvalue weighted by Gasteiger charge is -2.19. The minimum atomic E-state index is -0.571. The predicted molar refractivity (Wildman–Crippen MR) is 167 cm³/mol. The van der Waals surface area contributed by atoms with E-state index in [9.17, 15) is 9.59 Å². The van der Waals surface area contributed by atoms with Gasteiger partial charge < -0.3 is 19.4 Å². The van der Waals surface area contributed by atoms with Crippen LogP contribution in [0, 0.1) is 20.8 Å². The van der Waals surface area contributed by atoms with Crippen LogP contribution in [-0.4, -0.2) is 45.7 Å². The Morgan fingerprint density at radius 1 is 1.00 bits per heavy atom. The van der Waals surface area contributed by atoms with Crippen molar-refractivity contribution in [3.8, 4) is 0 Å². The number of nitrogens with one attached hydrogen (secondary N) is 2. The Morgan fingerprint density at radius 2 is 1.71 bits per heavy atom. The lowest BCUT2D eigenvalue weighted by atomic mass is 9.98. The van der Waals surface area contributed by atoms with E-state index < -0.39 is 5.60 Å². The molecule has 7 nitrogen and oxygen atoms in total. The highest BCUT2D eigenvalue weighted by molar-refractivity contribution is 6.18. The van der Waals surface area contributed by atoms with Crippen LogP contribution in [0.25, 0.3) is 6.08 Å². The molecule has 8 heteroatoms. The molecule has 0 saturated carbocycles. The van der Waals surface area contributed by atoms with Crippen LogP contribution in [0.15, 0.2) is 21.8 Å². The summed E-state index contributed by atoms with van der Waals surface area (Å²) in [6, 6.07) is 0. The molecule has 2 aromatic rings. The van der Waals surface area contributed by atoms with Crippen molar-refractivity contribution in [3.63, 3.8) is 0 Å². The molecule has 0 amide bonds. The maximum atomic E-state index is 13.0. The number of nitrogens with zero attached hydrogens (tertiary/aromatic N) is 1. The number of halogens is 1. The minimum Gasteiger partial charge on any atom is -0.466 e. The largest absolute Gasteiger partial charge is 0.466 e. The number of ether oxygens (including phenoxy) is 2. The number of aryl methyl sites for hydroxylation is 1. The van der Waals surface area contributed by atoms with Crippen LogP contribution in [0.1, 0.15) is 111 Å².